The van der Waals surface area contributed by atoms with Crippen LogP contribution in [0, 0.1) is 34.5 Å². The van der Waals surface area contributed by atoms with E-state index in [2.05, 4.69) is 6.07 Å². The number of carbonyl (C=O) groups is 2. The molecule has 0 N–H and O–H groups in total. The first kappa shape index (κ1) is 17.3. The molecule has 0 radical (unpaired) electrons. The summed E-state index contributed by atoms with van der Waals surface area (Å²) in [5.74, 6) is 2.06. The molecule has 4 bridgehead atoms. The van der Waals surface area contributed by atoms with Crippen LogP contribution >= 0.6 is 0 Å². The molecule has 0 aromatic carbocycles. The van der Waals surface area contributed by atoms with Crippen molar-refractivity contribution in [2.45, 2.75) is 58.3 Å². The molecular formula is C19H28N2O3. The van der Waals surface area contributed by atoms with E-state index in [4.69, 9.17) is 10.00 Å². The zero-order valence-corrected chi connectivity index (χ0v) is 14.6. The molecule has 1 amide bonds. The van der Waals surface area contributed by atoms with Gasteiger partial charge in [0.1, 0.15) is 0 Å². The fourth-order valence-electron chi connectivity index (χ4n) is 5.67. The SMILES string of the molecule is CCOC(=O)CCN(CCC#N)C(=O)C12CC3CC(CC(C3)C1)C2. The summed E-state index contributed by atoms with van der Waals surface area (Å²) in [5.41, 5.74) is -0.209. The standard InChI is InChI=1S/C19H28N2O3/c1-2-24-17(22)4-7-21(6-3-5-20)18(23)19-11-14-8-15(12-19)10-16(9-14)13-19/h14-16H,2-4,6-13H2,1H3. The van der Waals surface area contributed by atoms with E-state index in [9.17, 15) is 9.59 Å². The van der Waals surface area contributed by atoms with Gasteiger partial charge in [-0.05, 0) is 63.2 Å². The average molecular weight is 332 g/mol. The molecule has 0 aromatic rings. The third kappa shape index (κ3) is 3.43. The van der Waals surface area contributed by atoms with Crippen LogP contribution in [-0.2, 0) is 14.3 Å². The van der Waals surface area contributed by atoms with Gasteiger partial charge in [-0.25, -0.2) is 0 Å². The molecule has 0 aliphatic heterocycles. The van der Waals surface area contributed by atoms with Crippen LogP contribution in [0.25, 0.3) is 0 Å². The molecule has 132 valence electrons. The lowest BCUT2D eigenvalue weighted by molar-refractivity contribution is -0.158. The minimum Gasteiger partial charge on any atom is -0.466 e. The Labute approximate surface area is 144 Å². The van der Waals surface area contributed by atoms with Crippen molar-refractivity contribution in [1.82, 2.24) is 4.90 Å². The van der Waals surface area contributed by atoms with Crippen LogP contribution < -0.4 is 0 Å². The fraction of sp³-hybridized carbons (Fsp3) is 0.842. The molecule has 5 heteroatoms. The Balaban J connectivity index is 1.68. The Morgan fingerprint density at radius 2 is 1.71 bits per heavy atom. The van der Waals surface area contributed by atoms with Crippen molar-refractivity contribution in [3.05, 3.63) is 0 Å². The van der Waals surface area contributed by atoms with Gasteiger partial charge in [0.25, 0.3) is 0 Å². The summed E-state index contributed by atoms with van der Waals surface area (Å²) >= 11 is 0. The third-order valence-electron chi connectivity index (χ3n) is 6.16. The van der Waals surface area contributed by atoms with Crippen molar-refractivity contribution in [3.8, 4) is 6.07 Å². The van der Waals surface area contributed by atoms with Crippen LogP contribution in [0.15, 0.2) is 0 Å². The highest BCUT2D eigenvalue weighted by Crippen LogP contribution is 2.60. The zero-order chi connectivity index (χ0) is 17.2. The Bertz CT molecular complexity index is 502. The molecule has 4 saturated carbocycles. The molecule has 5 nitrogen and oxygen atoms in total. The second kappa shape index (κ2) is 7.13. The highest BCUT2D eigenvalue weighted by Gasteiger charge is 2.55. The molecule has 0 unspecified atom stereocenters. The van der Waals surface area contributed by atoms with Gasteiger partial charge in [-0.3, -0.25) is 9.59 Å². The molecule has 0 aromatic heterocycles. The lowest BCUT2D eigenvalue weighted by Crippen LogP contribution is -2.55. The summed E-state index contributed by atoms with van der Waals surface area (Å²) in [6, 6.07) is 2.13. The van der Waals surface area contributed by atoms with Gasteiger partial charge < -0.3 is 9.64 Å². The van der Waals surface area contributed by atoms with Crippen LogP contribution in [-0.4, -0.2) is 36.5 Å². The van der Waals surface area contributed by atoms with Crippen molar-refractivity contribution in [1.29, 1.82) is 5.26 Å². The molecule has 4 fully saturated rings. The summed E-state index contributed by atoms with van der Waals surface area (Å²) in [4.78, 5) is 26.8. The largest absolute Gasteiger partial charge is 0.466 e. The smallest absolute Gasteiger partial charge is 0.307 e. The maximum atomic E-state index is 13.3. The summed E-state index contributed by atoms with van der Waals surface area (Å²) in [5, 5.41) is 8.91. The fourth-order valence-corrected chi connectivity index (χ4v) is 5.67. The maximum absolute atomic E-state index is 13.3. The van der Waals surface area contributed by atoms with Crippen molar-refractivity contribution < 1.29 is 14.3 Å². The van der Waals surface area contributed by atoms with E-state index in [1.54, 1.807) is 11.8 Å². The topological polar surface area (TPSA) is 70.4 Å². The van der Waals surface area contributed by atoms with Crippen molar-refractivity contribution in [2.75, 3.05) is 19.7 Å². The van der Waals surface area contributed by atoms with Gasteiger partial charge in [0.15, 0.2) is 0 Å². The number of amides is 1. The van der Waals surface area contributed by atoms with E-state index in [0.29, 0.717) is 43.9 Å². The molecule has 0 spiro atoms. The number of hydrogen-bond donors (Lipinski definition) is 0. The number of carbonyl (C=O) groups excluding carboxylic acids is 2. The Morgan fingerprint density at radius 3 is 2.21 bits per heavy atom. The zero-order valence-electron chi connectivity index (χ0n) is 14.6. The van der Waals surface area contributed by atoms with E-state index in [1.807, 2.05) is 0 Å². The summed E-state index contributed by atoms with van der Waals surface area (Å²) in [7, 11) is 0. The number of rotatable bonds is 7. The van der Waals surface area contributed by atoms with E-state index in [0.717, 1.165) is 19.3 Å². The van der Waals surface area contributed by atoms with Crippen molar-refractivity contribution >= 4 is 11.9 Å². The van der Waals surface area contributed by atoms with Gasteiger partial charge in [0.05, 0.1) is 30.9 Å². The van der Waals surface area contributed by atoms with Gasteiger partial charge in [0, 0.05) is 13.1 Å². The van der Waals surface area contributed by atoms with Gasteiger partial charge in [-0.1, -0.05) is 0 Å². The summed E-state index contributed by atoms with van der Waals surface area (Å²) < 4.78 is 4.98. The highest BCUT2D eigenvalue weighted by molar-refractivity contribution is 5.84. The normalized spacial score (nSPS) is 33.1. The third-order valence-corrected chi connectivity index (χ3v) is 6.16. The lowest BCUT2D eigenvalue weighted by Gasteiger charge is -2.56. The number of ether oxygens (including phenoxy) is 1. The quantitative estimate of drug-likeness (QED) is 0.672. The van der Waals surface area contributed by atoms with E-state index < -0.39 is 0 Å². The van der Waals surface area contributed by atoms with Crippen LogP contribution in [0.4, 0.5) is 0 Å². The van der Waals surface area contributed by atoms with E-state index in [-0.39, 0.29) is 23.7 Å². The van der Waals surface area contributed by atoms with Gasteiger partial charge in [-0.15, -0.1) is 0 Å². The number of hydrogen-bond acceptors (Lipinski definition) is 4. The van der Waals surface area contributed by atoms with Crippen molar-refractivity contribution in [3.63, 3.8) is 0 Å². The second-order valence-electron chi connectivity index (χ2n) is 7.95. The second-order valence-corrected chi connectivity index (χ2v) is 7.95. The lowest BCUT2D eigenvalue weighted by atomic mass is 9.49. The Morgan fingerprint density at radius 1 is 1.12 bits per heavy atom. The van der Waals surface area contributed by atoms with Crippen LogP contribution in [0.2, 0.25) is 0 Å². The molecule has 4 aliphatic rings. The molecule has 0 atom stereocenters. The maximum Gasteiger partial charge on any atom is 0.307 e. The first-order chi connectivity index (χ1) is 11.6. The predicted molar refractivity (Wildman–Crippen MR) is 88.7 cm³/mol. The van der Waals surface area contributed by atoms with Crippen molar-refractivity contribution in [2.24, 2.45) is 23.2 Å². The molecule has 4 aliphatic carbocycles. The van der Waals surface area contributed by atoms with Gasteiger partial charge >= 0.3 is 5.97 Å². The van der Waals surface area contributed by atoms with Crippen LogP contribution in [0.3, 0.4) is 0 Å². The summed E-state index contributed by atoms with van der Waals surface area (Å²) in [6.45, 7) is 2.95. The van der Waals surface area contributed by atoms with Crippen LogP contribution in [0.1, 0.15) is 58.3 Å². The number of nitriles is 1. The minimum absolute atomic E-state index is 0.196. The van der Waals surface area contributed by atoms with E-state index >= 15 is 0 Å². The molecule has 24 heavy (non-hydrogen) atoms. The molecular weight excluding hydrogens is 304 g/mol. The van der Waals surface area contributed by atoms with Gasteiger partial charge in [-0.2, -0.15) is 5.26 Å². The predicted octanol–water partition coefficient (Wildman–Crippen LogP) is 2.90. The average Bonchev–Trinajstić information content (AvgIpc) is 2.53. The molecule has 4 rings (SSSR count). The number of nitrogens with zero attached hydrogens (tertiary/aromatic N) is 2. The first-order valence-corrected chi connectivity index (χ1v) is 9.38. The monoisotopic (exact) mass is 332 g/mol. The number of esters is 1. The molecule has 0 saturated heterocycles. The first-order valence-electron chi connectivity index (χ1n) is 9.38. The van der Waals surface area contributed by atoms with Crippen LogP contribution in [0.5, 0.6) is 0 Å². The minimum atomic E-state index is -0.266. The van der Waals surface area contributed by atoms with E-state index in [1.165, 1.54) is 19.3 Å². The Hall–Kier alpha value is -1.57. The summed E-state index contributed by atoms with van der Waals surface area (Å²) in [6.07, 6.45) is 7.48. The van der Waals surface area contributed by atoms with Gasteiger partial charge in [0.2, 0.25) is 5.91 Å². The Kier molecular flexibility index (Phi) is 5.12. The highest BCUT2D eigenvalue weighted by atomic mass is 16.5. The molecule has 0 heterocycles.